The Kier molecular flexibility index (Phi) is 11.6. The minimum absolute atomic E-state index is 0. The summed E-state index contributed by atoms with van der Waals surface area (Å²) < 4.78 is 32.7. The van der Waals surface area contributed by atoms with E-state index in [-0.39, 0.29) is 35.4 Å². The fourth-order valence-corrected chi connectivity index (χ4v) is 4.81. The Bertz CT molecular complexity index is 1110. The number of nitrogen functional groups attached to an aromatic ring is 1. The summed E-state index contributed by atoms with van der Waals surface area (Å²) in [5.41, 5.74) is 4.43. The fraction of sp³-hybridized carbons (Fsp3) is 0.722. The van der Waals surface area contributed by atoms with Gasteiger partial charge in [-0.25, -0.2) is 9.59 Å². The van der Waals surface area contributed by atoms with Gasteiger partial charge in [-0.1, -0.05) is 0 Å². The molecule has 19 nitrogen and oxygen atoms in total. The predicted molar refractivity (Wildman–Crippen MR) is 114 cm³/mol. The molecule has 0 aromatic carbocycles. The number of phosphoric ester groups is 1. The Hall–Kier alpha value is -1.10. The molecule has 2 aliphatic rings. The number of anilines is 1. The number of carbonyl (C=O) groups is 1. The second-order valence-corrected chi connectivity index (χ2v) is 9.90. The zero-order chi connectivity index (χ0) is 28.6. The van der Waals surface area contributed by atoms with E-state index in [9.17, 15) is 54.8 Å². The number of nitrogens with zero attached hydrogens (tertiary/aromatic N) is 2. The van der Waals surface area contributed by atoms with Crippen LogP contribution in [0.3, 0.4) is 0 Å². The van der Waals surface area contributed by atoms with Crippen LogP contribution in [-0.4, -0.2) is 124 Å². The molecule has 2 saturated heterocycles. The van der Waals surface area contributed by atoms with Crippen LogP contribution in [0.25, 0.3) is 0 Å². The molecular formula is C18H27N3NaO16P. The van der Waals surface area contributed by atoms with E-state index in [2.05, 4.69) is 14.0 Å². The van der Waals surface area contributed by atoms with Crippen LogP contribution in [0.5, 0.6) is 0 Å². The smallest absolute Gasteiger partial charge is 0.756 e. The molecule has 10 N–H and O–H groups in total. The monoisotopic (exact) mass is 595 g/mol. The summed E-state index contributed by atoms with van der Waals surface area (Å²) in [4.78, 5) is 39.9. The summed E-state index contributed by atoms with van der Waals surface area (Å²) in [6.45, 7) is -2.13. The van der Waals surface area contributed by atoms with E-state index in [1.54, 1.807) is 0 Å². The van der Waals surface area contributed by atoms with E-state index in [0.717, 1.165) is 10.8 Å². The second-order valence-electron chi connectivity index (χ2n) is 8.57. The summed E-state index contributed by atoms with van der Waals surface area (Å²) in [6.07, 6.45) is -17.2. The van der Waals surface area contributed by atoms with E-state index in [1.807, 2.05) is 0 Å². The van der Waals surface area contributed by atoms with Crippen molar-refractivity contribution in [2.24, 2.45) is 0 Å². The summed E-state index contributed by atoms with van der Waals surface area (Å²) in [5.74, 6) is -5.54. The van der Waals surface area contributed by atoms with E-state index in [0.29, 0.717) is 0 Å². The molecule has 3 rings (SSSR count). The van der Waals surface area contributed by atoms with Crippen molar-refractivity contribution in [3.05, 3.63) is 22.7 Å². The number of carboxylic acid groups (broad SMARTS) is 1. The van der Waals surface area contributed by atoms with Crippen molar-refractivity contribution in [1.82, 2.24) is 9.55 Å². The van der Waals surface area contributed by atoms with E-state index in [4.69, 9.17) is 20.3 Å². The SMILES string of the molecule is Nc1ccn(C2OC(COP(=O)([O-])OC3(C(=O)O)CC(O)C(O)C(C(O)C(O)CO)O3)C(O)C2O)c(=O)n1.[Na+]. The van der Waals surface area contributed by atoms with E-state index in [1.165, 1.54) is 6.07 Å². The van der Waals surface area contributed by atoms with Crippen LogP contribution in [0.4, 0.5) is 5.82 Å². The van der Waals surface area contributed by atoms with Gasteiger partial charge in [0.1, 0.15) is 48.5 Å². The van der Waals surface area contributed by atoms with Crippen LogP contribution in [0.2, 0.25) is 0 Å². The van der Waals surface area contributed by atoms with Gasteiger partial charge in [0.05, 0.1) is 19.3 Å². The van der Waals surface area contributed by atoms with Gasteiger partial charge >= 0.3 is 41.2 Å². The van der Waals surface area contributed by atoms with Gasteiger partial charge in [-0.3, -0.25) is 13.7 Å². The number of rotatable bonds is 10. The van der Waals surface area contributed by atoms with Crippen molar-refractivity contribution in [3.8, 4) is 0 Å². The molecule has 39 heavy (non-hydrogen) atoms. The molecule has 0 spiro atoms. The summed E-state index contributed by atoms with van der Waals surface area (Å²) in [7, 11) is -5.73. The summed E-state index contributed by atoms with van der Waals surface area (Å²) in [5, 5.41) is 78.9. The maximum absolute atomic E-state index is 12.5. The number of aliphatic hydroxyl groups excluding tert-OH is 7. The zero-order valence-electron chi connectivity index (χ0n) is 20.2. The van der Waals surface area contributed by atoms with Crippen molar-refractivity contribution >= 4 is 19.6 Å². The van der Waals surface area contributed by atoms with Gasteiger partial charge in [-0.05, 0) is 6.07 Å². The standard InChI is InChI=1S/C18H28N3O16P.Na/c19-9-1-2-21(17(31)20-9)15-13(28)12(27)8(35-15)5-34-38(32,33)37-18(16(29)30)3-6(23)10(25)14(36-18)11(26)7(24)4-22;/h1-2,6-8,10-15,22-28H,3-5H2,(H,29,30)(H,32,33)(H2,19,20,31);/q;+1/p-1. The first-order valence-corrected chi connectivity index (χ1v) is 12.4. The van der Waals surface area contributed by atoms with Crippen LogP contribution in [-0.2, 0) is 27.9 Å². The number of hydrogen-bond donors (Lipinski definition) is 9. The van der Waals surface area contributed by atoms with Crippen LogP contribution in [0.15, 0.2) is 17.1 Å². The van der Waals surface area contributed by atoms with Gasteiger partial charge in [0.25, 0.3) is 13.6 Å². The van der Waals surface area contributed by atoms with Crippen molar-refractivity contribution in [1.29, 1.82) is 0 Å². The molecule has 3 heterocycles. The molecular weight excluding hydrogens is 568 g/mol. The normalized spacial score (nSPS) is 35.9. The first-order chi connectivity index (χ1) is 17.6. The Labute approximate surface area is 240 Å². The fourth-order valence-electron chi connectivity index (χ4n) is 3.87. The number of ether oxygens (including phenoxy) is 2. The Morgan fingerprint density at radius 2 is 1.92 bits per heavy atom. The third kappa shape index (κ3) is 7.41. The van der Waals surface area contributed by atoms with Gasteiger partial charge in [0.2, 0.25) is 0 Å². The minimum atomic E-state index is -5.73. The molecule has 0 bridgehead atoms. The van der Waals surface area contributed by atoms with Crippen LogP contribution in [0.1, 0.15) is 12.6 Å². The molecule has 216 valence electrons. The average Bonchev–Trinajstić information content (AvgIpc) is 3.12. The third-order valence-electron chi connectivity index (χ3n) is 5.90. The van der Waals surface area contributed by atoms with Crippen molar-refractivity contribution in [3.63, 3.8) is 0 Å². The molecule has 1 aromatic rings. The molecule has 0 aliphatic carbocycles. The van der Waals surface area contributed by atoms with E-state index < -0.39 is 100.0 Å². The van der Waals surface area contributed by atoms with Crippen LogP contribution < -0.4 is 45.9 Å². The van der Waals surface area contributed by atoms with Gasteiger partial charge in [-0.2, -0.15) is 4.98 Å². The Morgan fingerprint density at radius 3 is 2.49 bits per heavy atom. The Balaban J connectivity index is 0.00000533. The number of aliphatic carboxylic acids is 1. The molecule has 11 atom stereocenters. The van der Waals surface area contributed by atoms with E-state index >= 15 is 0 Å². The predicted octanol–water partition coefficient (Wildman–Crippen LogP) is -9.04. The molecule has 2 fully saturated rings. The van der Waals surface area contributed by atoms with Gasteiger partial charge in [-0.15, -0.1) is 0 Å². The molecule has 0 amide bonds. The largest absolute Gasteiger partial charge is 1.00 e. The number of aromatic nitrogens is 2. The second kappa shape index (κ2) is 13.3. The molecule has 11 unspecified atom stereocenters. The molecule has 2 aliphatic heterocycles. The number of aliphatic hydroxyl groups is 7. The number of carboxylic acids is 1. The Morgan fingerprint density at radius 1 is 1.28 bits per heavy atom. The van der Waals surface area contributed by atoms with Gasteiger partial charge in [0, 0.05) is 12.6 Å². The summed E-state index contributed by atoms with van der Waals surface area (Å²) >= 11 is 0. The van der Waals surface area contributed by atoms with Gasteiger partial charge < -0.3 is 65.5 Å². The molecule has 1 aromatic heterocycles. The quantitative estimate of drug-likeness (QED) is 0.0895. The van der Waals surface area contributed by atoms with Gasteiger partial charge in [0.15, 0.2) is 6.23 Å². The number of phosphoric acid groups is 1. The van der Waals surface area contributed by atoms with Crippen molar-refractivity contribution in [2.45, 2.75) is 67.3 Å². The minimum Gasteiger partial charge on any atom is -0.756 e. The molecule has 0 radical (unpaired) electrons. The van der Waals surface area contributed by atoms with Crippen LogP contribution in [0, 0.1) is 0 Å². The van der Waals surface area contributed by atoms with Crippen LogP contribution >= 0.6 is 7.82 Å². The molecule has 0 saturated carbocycles. The first-order valence-electron chi connectivity index (χ1n) is 10.9. The maximum Gasteiger partial charge on any atom is 1.00 e. The molecule has 21 heteroatoms. The zero-order valence-corrected chi connectivity index (χ0v) is 23.1. The number of nitrogens with two attached hydrogens (primary N) is 1. The number of hydrogen-bond acceptors (Lipinski definition) is 17. The first kappa shape index (κ1) is 34.1. The average molecular weight is 595 g/mol. The van der Waals surface area contributed by atoms with Crippen molar-refractivity contribution < 1.29 is 103 Å². The van der Waals surface area contributed by atoms with Crippen molar-refractivity contribution in [2.75, 3.05) is 18.9 Å². The maximum atomic E-state index is 12.5. The topological polar surface area (TPSA) is 317 Å². The third-order valence-corrected chi connectivity index (χ3v) is 6.88. The summed E-state index contributed by atoms with van der Waals surface area (Å²) in [6, 6.07) is 1.19.